The molecule has 2 aromatic carbocycles. The second kappa shape index (κ2) is 8.91. The molecule has 1 aliphatic carbocycles. The Hall–Kier alpha value is -2.47. The predicted molar refractivity (Wildman–Crippen MR) is 116 cm³/mol. The van der Waals surface area contributed by atoms with Crippen LogP contribution in [0.4, 0.5) is 4.79 Å². The zero-order valence-corrected chi connectivity index (χ0v) is 17.8. The third-order valence-electron chi connectivity index (χ3n) is 5.38. The van der Waals surface area contributed by atoms with Crippen LogP contribution in [-0.4, -0.2) is 40.8 Å². The second-order valence-electron chi connectivity index (χ2n) is 7.93. The first-order valence-corrected chi connectivity index (χ1v) is 10.9. The molecule has 0 aromatic heterocycles. The highest BCUT2D eigenvalue weighted by Gasteiger charge is 2.30. The molecule has 0 radical (unpaired) electrons. The standard InChI is InChI=1S/C23H27NO4S/c1-23(2,29-3)13-15(12-21(25)26)24-22(27)28-14-20-18-10-6-4-8-16(18)17-9-5-7-11-19(17)20/h4-11,15,20H,12-14H2,1-3H3,(H,24,27)(H,25,26). The lowest BCUT2D eigenvalue weighted by Crippen LogP contribution is -2.41. The van der Waals surface area contributed by atoms with Crippen LogP contribution in [0.2, 0.25) is 0 Å². The van der Waals surface area contributed by atoms with Crippen molar-refractivity contribution in [2.75, 3.05) is 12.9 Å². The molecule has 0 fully saturated rings. The maximum atomic E-state index is 12.5. The lowest BCUT2D eigenvalue weighted by molar-refractivity contribution is -0.137. The van der Waals surface area contributed by atoms with Crippen molar-refractivity contribution in [1.82, 2.24) is 5.32 Å². The molecule has 0 heterocycles. The molecule has 1 aliphatic rings. The number of hydrogen-bond acceptors (Lipinski definition) is 4. The average Bonchev–Trinajstić information content (AvgIpc) is 2.99. The Morgan fingerprint density at radius 2 is 1.66 bits per heavy atom. The number of carbonyl (C=O) groups excluding carboxylic acids is 1. The molecule has 1 atom stereocenters. The van der Waals surface area contributed by atoms with Gasteiger partial charge in [0, 0.05) is 16.7 Å². The summed E-state index contributed by atoms with van der Waals surface area (Å²) in [6, 6.07) is 15.8. The third-order valence-corrected chi connectivity index (χ3v) is 6.65. The molecule has 5 nitrogen and oxygen atoms in total. The zero-order chi connectivity index (χ0) is 21.0. The van der Waals surface area contributed by atoms with Crippen LogP contribution in [0.5, 0.6) is 0 Å². The van der Waals surface area contributed by atoms with Gasteiger partial charge in [0.15, 0.2) is 0 Å². The van der Waals surface area contributed by atoms with Gasteiger partial charge < -0.3 is 15.2 Å². The van der Waals surface area contributed by atoms with E-state index in [0.29, 0.717) is 6.42 Å². The highest BCUT2D eigenvalue weighted by molar-refractivity contribution is 7.99. The summed E-state index contributed by atoms with van der Waals surface area (Å²) in [5.74, 6) is -0.959. The summed E-state index contributed by atoms with van der Waals surface area (Å²) in [5.41, 5.74) is 4.63. The first-order chi connectivity index (χ1) is 13.8. The van der Waals surface area contributed by atoms with Crippen molar-refractivity contribution < 1.29 is 19.4 Å². The minimum Gasteiger partial charge on any atom is -0.481 e. The topological polar surface area (TPSA) is 75.6 Å². The number of carboxylic acid groups (broad SMARTS) is 1. The van der Waals surface area contributed by atoms with E-state index in [4.69, 9.17) is 4.74 Å². The molecule has 0 saturated carbocycles. The monoisotopic (exact) mass is 413 g/mol. The van der Waals surface area contributed by atoms with Crippen molar-refractivity contribution in [3.8, 4) is 11.1 Å². The number of alkyl carbamates (subject to hydrolysis) is 1. The van der Waals surface area contributed by atoms with E-state index >= 15 is 0 Å². The Kier molecular flexibility index (Phi) is 6.52. The van der Waals surface area contributed by atoms with Gasteiger partial charge in [0.1, 0.15) is 6.61 Å². The molecule has 154 valence electrons. The van der Waals surface area contributed by atoms with E-state index in [-0.39, 0.29) is 23.7 Å². The number of thioether (sulfide) groups is 1. The van der Waals surface area contributed by atoms with Crippen LogP contribution >= 0.6 is 11.8 Å². The lowest BCUT2D eigenvalue weighted by Gasteiger charge is -2.28. The summed E-state index contributed by atoms with van der Waals surface area (Å²) >= 11 is 1.64. The van der Waals surface area contributed by atoms with Gasteiger partial charge >= 0.3 is 12.1 Å². The van der Waals surface area contributed by atoms with Crippen LogP contribution in [0.25, 0.3) is 11.1 Å². The van der Waals surface area contributed by atoms with Gasteiger partial charge in [-0.25, -0.2) is 4.79 Å². The Morgan fingerprint density at radius 3 is 2.17 bits per heavy atom. The maximum Gasteiger partial charge on any atom is 0.407 e. The van der Waals surface area contributed by atoms with Crippen LogP contribution in [-0.2, 0) is 9.53 Å². The van der Waals surface area contributed by atoms with Gasteiger partial charge in [0.05, 0.1) is 6.42 Å². The molecule has 29 heavy (non-hydrogen) atoms. The minimum absolute atomic E-state index is 0.0197. The molecular formula is C23H27NO4S. The molecule has 1 unspecified atom stereocenters. The van der Waals surface area contributed by atoms with Crippen LogP contribution in [0.3, 0.4) is 0 Å². The molecule has 3 rings (SSSR count). The van der Waals surface area contributed by atoms with Gasteiger partial charge in [-0.1, -0.05) is 62.4 Å². The van der Waals surface area contributed by atoms with Gasteiger partial charge in [0.2, 0.25) is 0 Å². The van der Waals surface area contributed by atoms with Crippen molar-refractivity contribution in [3.63, 3.8) is 0 Å². The fourth-order valence-electron chi connectivity index (χ4n) is 3.87. The Morgan fingerprint density at radius 1 is 1.10 bits per heavy atom. The molecule has 1 amide bonds. The summed E-state index contributed by atoms with van der Waals surface area (Å²) in [6.45, 7) is 4.28. The summed E-state index contributed by atoms with van der Waals surface area (Å²) < 4.78 is 5.41. The van der Waals surface area contributed by atoms with E-state index < -0.39 is 18.1 Å². The minimum atomic E-state index is -0.939. The number of carboxylic acids is 1. The largest absolute Gasteiger partial charge is 0.481 e. The van der Waals surface area contributed by atoms with Gasteiger partial charge in [0.25, 0.3) is 0 Å². The Bertz CT molecular complexity index is 850. The van der Waals surface area contributed by atoms with Gasteiger partial charge in [-0.3, -0.25) is 4.79 Å². The number of carbonyl (C=O) groups is 2. The van der Waals surface area contributed by atoms with Crippen LogP contribution < -0.4 is 5.32 Å². The molecule has 0 aliphatic heterocycles. The van der Waals surface area contributed by atoms with Gasteiger partial charge in [-0.2, -0.15) is 11.8 Å². The van der Waals surface area contributed by atoms with Crippen molar-refractivity contribution in [1.29, 1.82) is 0 Å². The Balaban J connectivity index is 1.67. The maximum absolute atomic E-state index is 12.5. The smallest absolute Gasteiger partial charge is 0.407 e. The number of amides is 1. The van der Waals surface area contributed by atoms with E-state index in [1.165, 1.54) is 11.1 Å². The van der Waals surface area contributed by atoms with E-state index in [2.05, 4.69) is 29.6 Å². The van der Waals surface area contributed by atoms with Crippen LogP contribution in [0.1, 0.15) is 43.7 Å². The number of ether oxygens (including phenoxy) is 1. The summed E-state index contributed by atoms with van der Waals surface area (Å²) in [7, 11) is 0. The number of rotatable bonds is 8. The van der Waals surface area contributed by atoms with Gasteiger partial charge in [-0.15, -0.1) is 0 Å². The quantitative estimate of drug-likeness (QED) is 0.644. The summed E-state index contributed by atoms with van der Waals surface area (Å²) in [6.07, 6.45) is 1.82. The van der Waals surface area contributed by atoms with Crippen molar-refractivity contribution in [2.45, 2.75) is 43.4 Å². The van der Waals surface area contributed by atoms with E-state index in [9.17, 15) is 14.7 Å². The molecule has 2 aromatic rings. The number of nitrogens with one attached hydrogen (secondary N) is 1. The predicted octanol–water partition coefficient (Wildman–Crippen LogP) is 4.90. The third kappa shape index (κ3) is 5.12. The molecule has 0 spiro atoms. The normalized spacial score (nSPS) is 14.0. The highest BCUT2D eigenvalue weighted by Crippen LogP contribution is 2.44. The first-order valence-electron chi connectivity index (χ1n) is 9.69. The van der Waals surface area contributed by atoms with Crippen molar-refractivity contribution in [3.05, 3.63) is 59.7 Å². The average molecular weight is 414 g/mol. The highest BCUT2D eigenvalue weighted by atomic mass is 32.2. The van der Waals surface area contributed by atoms with Crippen molar-refractivity contribution in [2.24, 2.45) is 0 Å². The van der Waals surface area contributed by atoms with Crippen molar-refractivity contribution >= 4 is 23.8 Å². The zero-order valence-electron chi connectivity index (χ0n) is 17.0. The van der Waals surface area contributed by atoms with E-state index in [1.54, 1.807) is 11.8 Å². The molecule has 0 saturated heterocycles. The SMILES string of the molecule is CSC(C)(C)CC(CC(=O)O)NC(=O)OCC1c2ccccc2-c2ccccc21. The van der Waals surface area contributed by atoms with Crippen LogP contribution in [0.15, 0.2) is 48.5 Å². The van der Waals surface area contributed by atoms with E-state index in [1.807, 2.05) is 44.4 Å². The summed E-state index contributed by atoms with van der Waals surface area (Å²) in [4.78, 5) is 23.7. The molecule has 2 N–H and O–H groups in total. The number of fused-ring (bicyclic) bond motifs is 3. The fraction of sp³-hybridized carbons (Fsp3) is 0.391. The fourth-order valence-corrected chi connectivity index (χ4v) is 4.24. The van der Waals surface area contributed by atoms with Gasteiger partial charge in [-0.05, 0) is 34.9 Å². The number of hydrogen-bond donors (Lipinski definition) is 2. The molecular weight excluding hydrogens is 386 g/mol. The number of benzene rings is 2. The summed E-state index contributed by atoms with van der Waals surface area (Å²) in [5, 5.41) is 11.9. The first kappa shape index (κ1) is 21.2. The second-order valence-corrected chi connectivity index (χ2v) is 9.45. The molecule has 0 bridgehead atoms. The lowest BCUT2D eigenvalue weighted by atomic mass is 9.98. The number of aliphatic carboxylic acids is 1. The Labute approximate surface area is 175 Å². The van der Waals surface area contributed by atoms with Crippen LogP contribution in [0, 0.1) is 0 Å². The molecule has 6 heteroatoms. The van der Waals surface area contributed by atoms with E-state index in [0.717, 1.165) is 11.1 Å².